The predicted molar refractivity (Wildman–Crippen MR) is 56.3 cm³/mol. The van der Waals surface area contributed by atoms with E-state index in [1.54, 1.807) is 19.9 Å². The fourth-order valence-electron chi connectivity index (χ4n) is 1.13. The van der Waals surface area contributed by atoms with Crippen molar-refractivity contribution >= 4 is 5.97 Å². The second-order valence-corrected chi connectivity index (χ2v) is 3.61. The van der Waals surface area contributed by atoms with Gasteiger partial charge in [-0.3, -0.25) is 0 Å². The topological polar surface area (TPSA) is 26.3 Å². The number of aryl methyl sites for hydroxylation is 1. The van der Waals surface area contributed by atoms with Crippen molar-refractivity contribution in [1.29, 1.82) is 0 Å². The van der Waals surface area contributed by atoms with E-state index >= 15 is 0 Å². The van der Waals surface area contributed by atoms with E-state index in [1.807, 2.05) is 6.92 Å². The second kappa shape index (κ2) is 4.91. The number of ether oxygens (including phenoxy) is 1. The number of carbonyl (C=O) groups excluding carboxylic acids is 1. The van der Waals surface area contributed by atoms with Crippen LogP contribution in [0.2, 0.25) is 0 Å². The molecule has 0 radical (unpaired) electrons. The summed E-state index contributed by atoms with van der Waals surface area (Å²) in [5, 5.41) is 0. The van der Waals surface area contributed by atoms with Gasteiger partial charge in [-0.1, -0.05) is 18.6 Å². The summed E-state index contributed by atoms with van der Waals surface area (Å²) in [6.45, 7) is 5.50. The first-order valence-corrected chi connectivity index (χ1v) is 5.01. The number of hydrogen-bond acceptors (Lipinski definition) is 2. The SMILES string of the molecule is CCC(C)OC(=O)c1cc(C)ccc1F. The number of benzene rings is 1. The van der Waals surface area contributed by atoms with Crippen molar-refractivity contribution in [1.82, 2.24) is 0 Å². The van der Waals surface area contributed by atoms with Gasteiger partial charge in [0.1, 0.15) is 5.82 Å². The maximum absolute atomic E-state index is 13.3. The maximum atomic E-state index is 13.3. The van der Waals surface area contributed by atoms with E-state index < -0.39 is 11.8 Å². The molecular formula is C12H15FO2. The molecule has 1 unspecified atom stereocenters. The Balaban J connectivity index is 2.86. The lowest BCUT2D eigenvalue weighted by molar-refractivity contribution is 0.0329. The molecule has 0 aliphatic rings. The van der Waals surface area contributed by atoms with E-state index in [2.05, 4.69) is 0 Å². The zero-order valence-corrected chi connectivity index (χ0v) is 9.21. The summed E-state index contributed by atoms with van der Waals surface area (Å²) in [6, 6.07) is 4.40. The van der Waals surface area contributed by atoms with Crippen LogP contribution in [0.5, 0.6) is 0 Å². The van der Waals surface area contributed by atoms with Crippen LogP contribution < -0.4 is 0 Å². The van der Waals surface area contributed by atoms with Gasteiger partial charge in [-0.15, -0.1) is 0 Å². The molecule has 82 valence electrons. The number of rotatable bonds is 3. The average Bonchev–Trinajstić information content (AvgIpc) is 2.21. The molecular weight excluding hydrogens is 195 g/mol. The minimum Gasteiger partial charge on any atom is -0.459 e. The molecule has 0 aromatic heterocycles. The highest BCUT2D eigenvalue weighted by atomic mass is 19.1. The molecule has 1 rings (SSSR count). The van der Waals surface area contributed by atoms with Crippen molar-refractivity contribution in [2.45, 2.75) is 33.3 Å². The van der Waals surface area contributed by atoms with Crippen molar-refractivity contribution < 1.29 is 13.9 Å². The number of esters is 1. The van der Waals surface area contributed by atoms with Gasteiger partial charge in [0.25, 0.3) is 0 Å². The number of halogens is 1. The van der Waals surface area contributed by atoms with Crippen molar-refractivity contribution in [3.63, 3.8) is 0 Å². The van der Waals surface area contributed by atoms with Crippen molar-refractivity contribution in [3.05, 3.63) is 35.1 Å². The second-order valence-electron chi connectivity index (χ2n) is 3.61. The van der Waals surface area contributed by atoms with Crippen LogP contribution in [0, 0.1) is 12.7 Å². The maximum Gasteiger partial charge on any atom is 0.341 e. The summed E-state index contributed by atoms with van der Waals surface area (Å²) in [4.78, 5) is 11.5. The van der Waals surface area contributed by atoms with Gasteiger partial charge in [0.15, 0.2) is 0 Å². The summed E-state index contributed by atoms with van der Waals surface area (Å²) in [7, 11) is 0. The third-order valence-corrected chi connectivity index (χ3v) is 2.22. The highest BCUT2D eigenvalue weighted by Crippen LogP contribution is 2.12. The van der Waals surface area contributed by atoms with Crippen LogP contribution in [0.4, 0.5) is 4.39 Å². The lowest BCUT2D eigenvalue weighted by Crippen LogP contribution is -2.15. The summed E-state index contributed by atoms with van der Waals surface area (Å²) in [5.41, 5.74) is 0.850. The zero-order valence-electron chi connectivity index (χ0n) is 9.21. The molecule has 3 heteroatoms. The Bertz CT molecular complexity index is 361. The van der Waals surface area contributed by atoms with E-state index in [-0.39, 0.29) is 11.7 Å². The lowest BCUT2D eigenvalue weighted by atomic mass is 10.1. The Morgan fingerprint density at radius 3 is 2.80 bits per heavy atom. The van der Waals surface area contributed by atoms with Crippen molar-refractivity contribution in [2.75, 3.05) is 0 Å². The van der Waals surface area contributed by atoms with Crippen LogP contribution in [-0.2, 0) is 4.74 Å². The monoisotopic (exact) mass is 210 g/mol. The molecule has 1 atom stereocenters. The van der Waals surface area contributed by atoms with Gasteiger partial charge in [-0.25, -0.2) is 9.18 Å². The van der Waals surface area contributed by atoms with Crippen LogP contribution in [0.3, 0.4) is 0 Å². The van der Waals surface area contributed by atoms with Crippen LogP contribution in [-0.4, -0.2) is 12.1 Å². The van der Waals surface area contributed by atoms with Crippen LogP contribution in [0.25, 0.3) is 0 Å². The van der Waals surface area contributed by atoms with E-state index in [0.29, 0.717) is 0 Å². The summed E-state index contributed by atoms with van der Waals surface area (Å²) < 4.78 is 18.3. The first kappa shape index (κ1) is 11.7. The van der Waals surface area contributed by atoms with E-state index in [0.717, 1.165) is 12.0 Å². The third kappa shape index (κ3) is 3.05. The third-order valence-electron chi connectivity index (χ3n) is 2.22. The van der Waals surface area contributed by atoms with Crippen LogP contribution in [0.1, 0.15) is 36.2 Å². The van der Waals surface area contributed by atoms with Gasteiger partial charge in [0.2, 0.25) is 0 Å². The molecule has 0 spiro atoms. The van der Waals surface area contributed by atoms with Crippen molar-refractivity contribution in [3.8, 4) is 0 Å². The highest BCUT2D eigenvalue weighted by Gasteiger charge is 2.15. The van der Waals surface area contributed by atoms with Gasteiger partial charge < -0.3 is 4.74 Å². The summed E-state index contributed by atoms with van der Waals surface area (Å²) in [6.07, 6.45) is 0.538. The largest absolute Gasteiger partial charge is 0.459 e. The van der Waals surface area contributed by atoms with Crippen molar-refractivity contribution in [2.24, 2.45) is 0 Å². The molecule has 0 saturated carbocycles. The van der Waals surface area contributed by atoms with Crippen LogP contribution >= 0.6 is 0 Å². The Morgan fingerprint density at radius 2 is 2.20 bits per heavy atom. The molecule has 0 amide bonds. The molecule has 0 N–H and O–H groups in total. The zero-order chi connectivity index (χ0) is 11.4. The summed E-state index contributed by atoms with van der Waals surface area (Å²) in [5.74, 6) is -1.13. The van der Waals surface area contributed by atoms with Gasteiger partial charge in [0, 0.05) is 0 Å². The molecule has 0 saturated heterocycles. The normalized spacial score (nSPS) is 12.3. The molecule has 0 fully saturated rings. The Morgan fingerprint density at radius 1 is 1.53 bits per heavy atom. The Kier molecular flexibility index (Phi) is 3.83. The standard InChI is InChI=1S/C12H15FO2/c1-4-9(3)15-12(14)10-7-8(2)5-6-11(10)13/h5-7,9H,4H2,1-3H3. The molecule has 1 aromatic rings. The van der Waals surface area contributed by atoms with Gasteiger partial charge in [-0.2, -0.15) is 0 Å². The summed E-state index contributed by atoms with van der Waals surface area (Å²) >= 11 is 0. The van der Waals surface area contributed by atoms with Gasteiger partial charge in [0.05, 0.1) is 11.7 Å². The molecule has 15 heavy (non-hydrogen) atoms. The Labute approximate surface area is 89.1 Å². The van der Waals surface area contributed by atoms with Gasteiger partial charge >= 0.3 is 5.97 Å². The predicted octanol–water partition coefficient (Wildman–Crippen LogP) is 3.09. The smallest absolute Gasteiger partial charge is 0.341 e. The number of carbonyl (C=O) groups is 1. The molecule has 1 aromatic carbocycles. The van der Waals surface area contributed by atoms with E-state index in [9.17, 15) is 9.18 Å². The minimum atomic E-state index is -0.592. The van der Waals surface area contributed by atoms with E-state index in [4.69, 9.17) is 4.74 Å². The molecule has 0 heterocycles. The number of hydrogen-bond donors (Lipinski definition) is 0. The molecule has 0 aliphatic carbocycles. The first-order valence-electron chi connectivity index (χ1n) is 5.01. The minimum absolute atomic E-state index is 0.00954. The molecule has 0 bridgehead atoms. The Hall–Kier alpha value is -1.38. The fraction of sp³-hybridized carbons (Fsp3) is 0.417. The van der Waals surface area contributed by atoms with E-state index in [1.165, 1.54) is 12.1 Å². The first-order chi connectivity index (χ1) is 7.04. The lowest BCUT2D eigenvalue weighted by Gasteiger charge is -2.11. The van der Waals surface area contributed by atoms with Gasteiger partial charge in [-0.05, 0) is 32.4 Å². The molecule has 2 nitrogen and oxygen atoms in total. The quantitative estimate of drug-likeness (QED) is 0.716. The molecule has 0 aliphatic heterocycles. The fourth-order valence-corrected chi connectivity index (χ4v) is 1.13. The van der Waals surface area contributed by atoms with Crippen LogP contribution in [0.15, 0.2) is 18.2 Å². The highest BCUT2D eigenvalue weighted by molar-refractivity contribution is 5.90. The average molecular weight is 210 g/mol.